The van der Waals surface area contributed by atoms with Crippen LogP contribution < -0.4 is 0 Å². The van der Waals surface area contributed by atoms with Gasteiger partial charge in [-0.2, -0.15) is 0 Å². The van der Waals surface area contributed by atoms with Gasteiger partial charge in [0, 0.05) is 6.07 Å². The van der Waals surface area contributed by atoms with E-state index in [9.17, 15) is 14.9 Å². The Morgan fingerprint density at radius 2 is 2.08 bits per heavy atom. The molecular formula is C8H6N2O3. The van der Waals surface area contributed by atoms with Crippen molar-refractivity contribution in [1.29, 1.82) is 0 Å². The van der Waals surface area contributed by atoms with E-state index >= 15 is 0 Å². The van der Waals surface area contributed by atoms with Gasteiger partial charge in [0.15, 0.2) is 6.29 Å². The van der Waals surface area contributed by atoms with Crippen LogP contribution in [-0.4, -0.2) is 17.4 Å². The smallest absolute Gasteiger partial charge is 0.294 e. The van der Waals surface area contributed by atoms with E-state index in [2.05, 4.69) is 4.99 Å². The average molecular weight is 178 g/mol. The van der Waals surface area contributed by atoms with Crippen LogP contribution in [0.5, 0.6) is 0 Å². The number of para-hydroxylation sites is 2. The first-order chi connectivity index (χ1) is 6.25. The van der Waals surface area contributed by atoms with Crippen molar-refractivity contribution < 1.29 is 9.72 Å². The minimum absolute atomic E-state index is 0.111. The molecule has 0 spiro atoms. The third-order valence-corrected chi connectivity index (χ3v) is 1.35. The van der Waals surface area contributed by atoms with Gasteiger partial charge >= 0.3 is 0 Å². The summed E-state index contributed by atoms with van der Waals surface area (Å²) < 4.78 is 0. The van der Waals surface area contributed by atoms with Crippen LogP contribution in [-0.2, 0) is 4.79 Å². The van der Waals surface area contributed by atoms with Crippen LogP contribution >= 0.6 is 0 Å². The number of hydrogen-bond acceptors (Lipinski definition) is 4. The summed E-state index contributed by atoms with van der Waals surface area (Å²) in [4.78, 5) is 23.4. The molecule has 13 heavy (non-hydrogen) atoms. The molecule has 0 saturated carbocycles. The van der Waals surface area contributed by atoms with Gasteiger partial charge in [0.2, 0.25) is 0 Å². The first-order valence-electron chi connectivity index (χ1n) is 3.47. The number of nitro groups is 1. The SMILES string of the molecule is O=CC=Nc1ccccc1[N+](=O)[O-]. The van der Waals surface area contributed by atoms with Crippen molar-refractivity contribution >= 4 is 23.9 Å². The Hall–Kier alpha value is -2.04. The van der Waals surface area contributed by atoms with Gasteiger partial charge in [0.05, 0.1) is 11.1 Å². The molecule has 0 aliphatic carbocycles. The number of carbonyl (C=O) groups is 1. The highest BCUT2D eigenvalue weighted by atomic mass is 16.6. The summed E-state index contributed by atoms with van der Waals surface area (Å²) in [6.45, 7) is 0. The normalized spacial score (nSPS) is 10.2. The van der Waals surface area contributed by atoms with Gasteiger partial charge in [0.1, 0.15) is 5.69 Å². The molecule has 0 aliphatic heterocycles. The highest BCUT2D eigenvalue weighted by Crippen LogP contribution is 2.25. The van der Waals surface area contributed by atoms with E-state index in [1.807, 2.05) is 0 Å². The zero-order chi connectivity index (χ0) is 9.68. The van der Waals surface area contributed by atoms with Crippen molar-refractivity contribution in [3.63, 3.8) is 0 Å². The molecule has 1 aromatic rings. The monoisotopic (exact) mass is 178 g/mol. The second kappa shape index (κ2) is 4.10. The molecule has 0 aromatic heterocycles. The lowest BCUT2D eigenvalue weighted by Gasteiger charge is -1.93. The largest absolute Gasteiger partial charge is 0.297 e. The number of benzene rings is 1. The summed E-state index contributed by atoms with van der Waals surface area (Å²) in [7, 11) is 0. The molecular weight excluding hydrogens is 172 g/mol. The van der Waals surface area contributed by atoms with E-state index in [-0.39, 0.29) is 11.4 Å². The third-order valence-electron chi connectivity index (χ3n) is 1.35. The van der Waals surface area contributed by atoms with Crippen molar-refractivity contribution in [2.75, 3.05) is 0 Å². The van der Waals surface area contributed by atoms with Gasteiger partial charge in [-0.05, 0) is 6.07 Å². The number of hydrogen-bond donors (Lipinski definition) is 0. The van der Waals surface area contributed by atoms with Crippen LogP contribution in [0.1, 0.15) is 0 Å². The van der Waals surface area contributed by atoms with Crippen LogP contribution in [0.25, 0.3) is 0 Å². The van der Waals surface area contributed by atoms with E-state index < -0.39 is 4.92 Å². The molecule has 0 atom stereocenters. The van der Waals surface area contributed by atoms with Crippen LogP contribution in [0.3, 0.4) is 0 Å². The van der Waals surface area contributed by atoms with E-state index in [1.165, 1.54) is 18.2 Å². The zero-order valence-corrected chi connectivity index (χ0v) is 6.58. The van der Waals surface area contributed by atoms with Crippen molar-refractivity contribution in [2.24, 2.45) is 4.99 Å². The molecule has 5 nitrogen and oxygen atoms in total. The molecule has 0 saturated heterocycles. The molecule has 1 aromatic carbocycles. The standard InChI is InChI=1S/C8H6N2O3/c11-6-5-9-7-3-1-2-4-8(7)10(12)13/h1-6H. The predicted octanol–water partition coefficient (Wildman–Crippen LogP) is 1.50. The van der Waals surface area contributed by atoms with Crippen LogP contribution in [0.2, 0.25) is 0 Å². The number of carbonyl (C=O) groups excluding carboxylic acids is 1. The average Bonchev–Trinajstić information content (AvgIpc) is 2.15. The number of rotatable bonds is 3. The van der Waals surface area contributed by atoms with Crippen molar-refractivity contribution in [2.45, 2.75) is 0 Å². The van der Waals surface area contributed by atoms with Gasteiger partial charge in [-0.1, -0.05) is 12.1 Å². The molecule has 5 heteroatoms. The summed E-state index contributed by atoms with van der Waals surface area (Å²) in [6, 6.07) is 5.96. The molecule has 66 valence electrons. The second-order valence-electron chi connectivity index (χ2n) is 2.16. The topological polar surface area (TPSA) is 72.6 Å². The third kappa shape index (κ3) is 2.19. The molecule has 1 rings (SSSR count). The van der Waals surface area contributed by atoms with Crippen molar-refractivity contribution in [3.05, 3.63) is 34.4 Å². The number of nitrogens with zero attached hydrogens (tertiary/aromatic N) is 2. The van der Waals surface area contributed by atoms with Crippen molar-refractivity contribution in [3.8, 4) is 0 Å². The summed E-state index contributed by atoms with van der Waals surface area (Å²) >= 11 is 0. The van der Waals surface area contributed by atoms with E-state index in [0.29, 0.717) is 6.29 Å². The predicted molar refractivity (Wildman–Crippen MR) is 47.3 cm³/mol. The van der Waals surface area contributed by atoms with E-state index in [0.717, 1.165) is 6.21 Å². The first-order valence-corrected chi connectivity index (χ1v) is 3.47. The Kier molecular flexibility index (Phi) is 2.86. The molecule has 0 fully saturated rings. The van der Waals surface area contributed by atoms with E-state index in [1.54, 1.807) is 6.07 Å². The van der Waals surface area contributed by atoms with Crippen LogP contribution in [0.4, 0.5) is 11.4 Å². The molecule has 0 aliphatic rings. The maximum Gasteiger partial charge on any atom is 0.294 e. The lowest BCUT2D eigenvalue weighted by atomic mass is 10.3. The Morgan fingerprint density at radius 3 is 2.69 bits per heavy atom. The summed E-state index contributed by atoms with van der Waals surface area (Å²) in [5.41, 5.74) is 0.0696. The lowest BCUT2D eigenvalue weighted by Crippen LogP contribution is -1.87. The maximum atomic E-state index is 10.4. The molecule has 0 N–H and O–H groups in total. The van der Waals surface area contributed by atoms with Crippen LogP contribution in [0.15, 0.2) is 29.3 Å². The van der Waals surface area contributed by atoms with Gasteiger partial charge < -0.3 is 0 Å². The molecule has 0 unspecified atom stereocenters. The lowest BCUT2D eigenvalue weighted by molar-refractivity contribution is -0.384. The maximum absolute atomic E-state index is 10.4. The summed E-state index contributed by atoms with van der Waals surface area (Å²) in [5, 5.41) is 10.4. The molecule has 0 amide bonds. The molecule has 0 radical (unpaired) electrons. The van der Waals surface area contributed by atoms with Crippen LogP contribution in [0, 0.1) is 10.1 Å². The minimum Gasteiger partial charge on any atom is -0.297 e. The number of aldehydes is 1. The molecule has 0 bridgehead atoms. The highest BCUT2D eigenvalue weighted by Gasteiger charge is 2.09. The Balaban J connectivity index is 3.11. The quantitative estimate of drug-likeness (QED) is 0.304. The van der Waals surface area contributed by atoms with E-state index in [4.69, 9.17) is 0 Å². The fraction of sp³-hybridized carbons (Fsp3) is 0. The Bertz CT molecular complexity index is 360. The number of aliphatic imine (C=N–C) groups is 1. The minimum atomic E-state index is -0.544. The van der Waals surface area contributed by atoms with Crippen molar-refractivity contribution in [1.82, 2.24) is 0 Å². The number of nitro benzene ring substituents is 1. The zero-order valence-electron chi connectivity index (χ0n) is 6.58. The molecule has 0 heterocycles. The van der Waals surface area contributed by atoms with Gasteiger partial charge in [-0.15, -0.1) is 0 Å². The fourth-order valence-electron chi connectivity index (χ4n) is 0.838. The fourth-order valence-corrected chi connectivity index (χ4v) is 0.838. The Labute approximate surface area is 73.9 Å². The van der Waals surface area contributed by atoms with Gasteiger partial charge in [0.25, 0.3) is 5.69 Å². The highest BCUT2D eigenvalue weighted by molar-refractivity contribution is 6.13. The summed E-state index contributed by atoms with van der Waals surface area (Å²) in [5.74, 6) is 0. The summed E-state index contributed by atoms with van der Waals surface area (Å²) in [6.07, 6.45) is 1.44. The van der Waals surface area contributed by atoms with Gasteiger partial charge in [-0.25, -0.2) is 4.99 Å². The first kappa shape index (κ1) is 9.05. The van der Waals surface area contributed by atoms with Gasteiger partial charge in [-0.3, -0.25) is 14.9 Å². The second-order valence-corrected chi connectivity index (χ2v) is 2.16. The Morgan fingerprint density at radius 1 is 1.38 bits per heavy atom.